The second-order valence-corrected chi connectivity index (χ2v) is 11.2. The SMILES string of the molecule is CN(C)CCCNC(=O)C[C@H]1CC[C@H]2[C@@H](COC[C@H](O)CN2S(=O)(=O)c2ccc(Cl)cc2)O1. The fourth-order valence-corrected chi connectivity index (χ4v) is 6.06. The first-order chi connectivity index (χ1) is 15.7. The van der Waals surface area contributed by atoms with Crippen LogP contribution in [0.15, 0.2) is 29.2 Å². The van der Waals surface area contributed by atoms with Gasteiger partial charge in [-0.1, -0.05) is 11.6 Å². The average molecular weight is 504 g/mol. The molecular weight excluding hydrogens is 470 g/mol. The summed E-state index contributed by atoms with van der Waals surface area (Å²) >= 11 is 5.92. The molecule has 0 aromatic heterocycles. The number of hydrogen-bond donors (Lipinski definition) is 2. The van der Waals surface area contributed by atoms with E-state index in [2.05, 4.69) is 10.2 Å². The number of carbonyl (C=O) groups is 1. The van der Waals surface area contributed by atoms with Gasteiger partial charge in [0.15, 0.2) is 0 Å². The number of amides is 1. The molecular formula is C22H34ClN3O6S. The van der Waals surface area contributed by atoms with E-state index < -0.39 is 28.3 Å². The van der Waals surface area contributed by atoms with E-state index in [-0.39, 0.29) is 43.1 Å². The van der Waals surface area contributed by atoms with Crippen molar-refractivity contribution in [3.8, 4) is 0 Å². The second kappa shape index (κ2) is 11.9. The molecule has 9 nitrogen and oxygen atoms in total. The van der Waals surface area contributed by atoms with E-state index in [1.54, 1.807) is 0 Å². The van der Waals surface area contributed by atoms with Gasteiger partial charge in [-0.15, -0.1) is 0 Å². The fourth-order valence-electron chi connectivity index (χ4n) is 4.21. The first-order valence-corrected chi connectivity index (χ1v) is 13.1. The van der Waals surface area contributed by atoms with Crippen molar-refractivity contribution in [2.75, 3.05) is 46.9 Å². The molecule has 11 heteroatoms. The number of benzene rings is 1. The first kappa shape index (κ1) is 26.3. The number of rotatable bonds is 8. The summed E-state index contributed by atoms with van der Waals surface area (Å²) in [4.78, 5) is 14.5. The van der Waals surface area contributed by atoms with Crippen LogP contribution >= 0.6 is 11.6 Å². The highest BCUT2D eigenvalue weighted by atomic mass is 35.5. The van der Waals surface area contributed by atoms with Crippen molar-refractivity contribution in [3.63, 3.8) is 0 Å². The molecule has 2 saturated heterocycles. The number of nitrogens with one attached hydrogen (secondary N) is 1. The van der Waals surface area contributed by atoms with E-state index in [4.69, 9.17) is 21.1 Å². The Morgan fingerprint density at radius 1 is 1.24 bits per heavy atom. The van der Waals surface area contributed by atoms with Crippen molar-refractivity contribution in [1.29, 1.82) is 0 Å². The number of nitrogens with zero attached hydrogens (tertiary/aromatic N) is 2. The zero-order valence-electron chi connectivity index (χ0n) is 19.2. The molecule has 2 aliphatic heterocycles. The molecule has 33 heavy (non-hydrogen) atoms. The van der Waals surface area contributed by atoms with E-state index in [1.807, 2.05) is 14.1 Å². The molecule has 1 amide bonds. The molecule has 186 valence electrons. The minimum Gasteiger partial charge on any atom is -0.389 e. The number of hydrogen-bond acceptors (Lipinski definition) is 7. The minimum absolute atomic E-state index is 0.0102. The Morgan fingerprint density at radius 3 is 2.67 bits per heavy atom. The quantitative estimate of drug-likeness (QED) is 0.511. The lowest BCUT2D eigenvalue weighted by molar-refractivity contribution is -0.146. The predicted octanol–water partition coefficient (Wildman–Crippen LogP) is 1.10. The molecule has 2 N–H and O–H groups in total. The van der Waals surface area contributed by atoms with Crippen LogP contribution in [0.2, 0.25) is 5.02 Å². The van der Waals surface area contributed by atoms with Gasteiger partial charge < -0.3 is 24.8 Å². The molecule has 2 heterocycles. The van der Waals surface area contributed by atoms with Gasteiger partial charge in [-0.25, -0.2) is 8.42 Å². The number of aliphatic hydroxyl groups excluding tert-OH is 1. The van der Waals surface area contributed by atoms with Crippen molar-refractivity contribution in [2.45, 2.75) is 54.9 Å². The third-order valence-corrected chi connectivity index (χ3v) is 8.03. The molecule has 2 aliphatic rings. The van der Waals surface area contributed by atoms with E-state index in [9.17, 15) is 18.3 Å². The largest absolute Gasteiger partial charge is 0.389 e. The molecule has 1 aromatic carbocycles. The summed E-state index contributed by atoms with van der Waals surface area (Å²) in [6, 6.07) is 5.48. The van der Waals surface area contributed by atoms with Crippen LogP contribution < -0.4 is 5.32 Å². The summed E-state index contributed by atoms with van der Waals surface area (Å²) < 4.78 is 39.9. The van der Waals surface area contributed by atoms with Crippen molar-refractivity contribution in [1.82, 2.24) is 14.5 Å². The van der Waals surface area contributed by atoms with E-state index in [0.29, 0.717) is 24.4 Å². The Labute approximate surface area is 201 Å². The van der Waals surface area contributed by atoms with E-state index >= 15 is 0 Å². The lowest BCUT2D eigenvalue weighted by atomic mass is 9.96. The van der Waals surface area contributed by atoms with Gasteiger partial charge in [-0.2, -0.15) is 4.31 Å². The highest BCUT2D eigenvalue weighted by molar-refractivity contribution is 7.89. The first-order valence-electron chi connectivity index (χ1n) is 11.3. The summed E-state index contributed by atoms with van der Waals surface area (Å²) in [7, 11) is 0.0851. The third-order valence-electron chi connectivity index (χ3n) is 5.87. The maximum absolute atomic E-state index is 13.4. The minimum atomic E-state index is -3.89. The maximum atomic E-state index is 13.4. The smallest absolute Gasteiger partial charge is 0.243 e. The summed E-state index contributed by atoms with van der Waals surface area (Å²) in [5, 5.41) is 13.6. The number of carbonyl (C=O) groups excluding carboxylic acids is 1. The van der Waals surface area contributed by atoms with Crippen LogP contribution in [0.3, 0.4) is 0 Å². The summed E-state index contributed by atoms with van der Waals surface area (Å²) in [5.74, 6) is -0.0787. The topological polar surface area (TPSA) is 108 Å². The maximum Gasteiger partial charge on any atom is 0.243 e. The Hall–Kier alpha value is -1.27. The Balaban J connectivity index is 1.67. The summed E-state index contributed by atoms with van der Waals surface area (Å²) in [5.41, 5.74) is 0. The number of ether oxygens (including phenoxy) is 2. The van der Waals surface area contributed by atoms with Gasteiger partial charge in [0.25, 0.3) is 0 Å². The van der Waals surface area contributed by atoms with Crippen LogP contribution in [0.4, 0.5) is 0 Å². The predicted molar refractivity (Wildman–Crippen MR) is 125 cm³/mol. The fraction of sp³-hybridized carbons (Fsp3) is 0.682. The van der Waals surface area contributed by atoms with Crippen molar-refractivity contribution < 1.29 is 27.8 Å². The van der Waals surface area contributed by atoms with Crippen LogP contribution in [0.25, 0.3) is 0 Å². The third kappa shape index (κ3) is 7.35. The average Bonchev–Trinajstić information content (AvgIpc) is 2.74. The molecule has 2 fully saturated rings. The van der Waals surface area contributed by atoms with Crippen LogP contribution in [0, 0.1) is 0 Å². The van der Waals surface area contributed by atoms with Crippen molar-refractivity contribution >= 4 is 27.5 Å². The molecule has 0 unspecified atom stereocenters. The van der Waals surface area contributed by atoms with Gasteiger partial charge in [0.2, 0.25) is 15.9 Å². The number of sulfonamides is 1. The van der Waals surface area contributed by atoms with Crippen LogP contribution in [-0.2, 0) is 24.3 Å². The monoisotopic (exact) mass is 503 g/mol. The van der Waals surface area contributed by atoms with Crippen molar-refractivity contribution in [3.05, 3.63) is 29.3 Å². The van der Waals surface area contributed by atoms with Crippen molar-refractivity contribution in [2.24, 2.45) is 0 Å². The van der Waals surface area contributed by atoms with E-state index in [1.165, 1.54) is 28.6 Å². The van der Waals surface area contributed by atoms with Crippen LogP contribution in [0.1, 0.15) is 25.7 Å². The zero-order valence-corrected chi connectivity index (χ0v) is 20.7. The number of aliphatic hydroxyl groups is 1. The van der Waals surface area contributed by atoms with Gasteiger partial charge in [-0.3, -0.25) is 4.79 Å². The lowest BCUT2D eigenvalue weighted by Crippen LogP contribution is -2.57. The number of β-amino-alcohol motifs (C(OH)–C–C–N with tert-alkyl or cyclic N) is 1. The van der Waals surface area contributed by atoms with Crippen LogP contribution in [-0.4, -0.2) is 99.9 Å². The van der Waals surface area contributed by atoms with E-state index in [0.717, 1.165) is 13.0 Å². The highest BCUT2D eigenvalue weighted by Gasteiger charge is 2.43. The summed E-state index contributed by atoms with van der Waals surface area (Å²) in [6.07, 6.45) is 0.341. The molecule has 0 radical (unpaired) electrons. The Kier molecular flexibility index (Phi) is 9.52. The normalized spacial score (nSPS) is 26.9. The van der Waals surface area contributed by atoms with Gasteiger partial charge in [0.1, 0.15) is 0 Å². The molecule has 3 rings (SSSR count). The molecule has 0 bridgehead atoms. The van der Waals surface area contributed by atoms with Crippen LogP contribution in [0.5, 0.6) is 0 Å². The lowest BCUT2D eigenvalue weighted by Gasteiger charge is -2.43. The summed E-state index contributed by atoms with van der Waals surface area (Å²) in [6.45, 7) is 1.56. The Bertz CT molecular complexity index is 883. The number of halogens is 1. The molecule has 4 atom stereocenters. The standard InChI is InChI=1S/C22H34ClN3O6S/c1-25(2)11-3-10-24-22(28)12-18-6-9-20-21(32-18)15-31-14-17(27)13-26(20)33(29,30)19-7-4-16(23)5-8-19/h4-5,7-8,17-18,20-21,27H,3,6,9-15H2,1-2H3,(H,24,28)/t17-,18-,20+,21-/m1/s1. The molecule has 0 spiro atoms. The molecule has 1 aromatic rings. The Morgan fingerprint density at radius 2 is 1.97 bits per heavy atom. The second-order valence-electron chi connectivity index (χ2n) is 8.87. The molecule has 0 saturated carbocycles. The van der Waals surface area contributed by atoms with Gasteiger partial charge >= 0.3 is 0 Å². The van der Waals surface area contributed by atoms with Gasteiger partial charge in [-0.05, 0) is 64.2 Å². The van der Waals surface area contributed by atoms with Gasteiger partial charge in [0, 0.05) is 18.1 Å². The molecule has 0 aliphatic carbocycles. The highest BCUT2D eigenvalue weighted by Crippen LogP contribution is 2.31. The van der Waals surface area contributed by atoms with Gasteiger partial charge in [0.05, 0.1) is 48.9 Å². The zero-order chi connectivity index (χ0) is 24.0. The number of fused-ring (bicyclic) bond motifs is 1.